The van der Waals surface area contributed by atoms with Gasteiger partial charge in [0.15, 0.2) is 0 Å². The van der Waals surface area contributed by atoms with Gasteiger partial charge in [-0.2, -0.15) is 5.26 Å². The highest BCUT2D eigenvalue weighted by molar-refractivity contribution is 7.89. The maximum Gasteiger partial charge on any atom is 0.241 e. The van der Waals surface area contributed by atoms with Crippen LogP contribution in [0, 0.1) is 17.1 Å². The first-order valence-corrected chi connectivity index (χ1v) is 7.85. The number of hydrogen-bond donors (Lipinski definition) is 2. The average Bonchev–Trinajstić information content (AvgIpc) is 2.53. The summed E-state index contributed by atoms with van der Waals surface area (Å²) in [5, 5.41) is 18.8. The van der Waals surface area contributed by atoms with Crippen LogP contribution in [0.4, 0.5) is 4.39 Å². The molecule has 0 aliphatic heterocycles. The van der Waals surface area contributed by atoms with Crippen molar-refractivity contribution in [2.24, 2.45) is 0 Å². The number of benzene rings is 2. The topological polar surface area (TPSA) is 90.2 Å². The van der Waals surface area contributed by atoms with Gasteiger partial charge in [-0.15, -0.1) is 0 Å². The zero-order chi connectivity index (χ0) is 16.2. The Labute approximate surface area is 127 Å². The van der Waals surface area contributed by atoms with Crippen LogP contribution in [0.2, 0.25) is 0 Å². The molecule has 0 saturated heterocycles. The van der Waals surface area contributed by atoms with Crippen molar-refractivity contribution < 1.29 is 17.9 Å². The molecule has 0 fully saturated rings. The zero-order valence-electron chi connectivity index (χ0n) is 11.4. The van der Waals surface area contributed by atoms with Crippen molar-refractivity contribution in [3.8, 4) is 6.07 Å². The normalized spacial score (nSPS) is 12.6. The maximum absolute atomic E-state index is 13.5. The van der Waals surface area contributed by atoms with Crippen LogP contribution >= 0.6 is 0 Å². The average molecular weight is 320 g/mol. The summed E-state index contributed by atoms with van der Waals surface area (Å²) in [5.74, 6) is -0.619. The van der Waals surface area contributed by atoms with E-state index in [0.29, 0.717) is 0 Å². The van der Waals surface area contributed by atoms with Crippen molar-refractivity contribution in [3.05, 3.63) is 65.5 Å². The summed E-state index contributed by atoms with van der Waals surface area (Å²) in [6.07, 6.45) is -1.33. The highest BCUT2D eigenvalue weighted by atomic mass is 32.2. The fraction of sp³-hybridized carbons (Fsp3) is 0.133. The molecule has 0 saturated carbocycles. The summed E-state index contributed by atoms with van der Waals surface area (Å²) in [5.41, 5.74) is -0.00542. The summed E-state index contributed by atoms with van der Waals surface area (Å²) >= 11 is 0. The lowest BCUT2D eigenvalue weighted by Crippen LogP contribution is -2.29. The lowest BCUT2D eigenvalue weighted by molar-refractivity contribution is 0.177. The van der Waals surface area contributed by atoms with Crippen LogP contribution in [-0.2, 0) is 10.0 Å². The number of aliphatic hydroxyl groups excluding tert-OH is 1. The second-order valence-electron chi connectivity index (χ2n) is 4.50. The van der Waals surface area contributed by atoms with Gasteiger partial charge in [0.2, 0.25) is 10.0 Å². The van der Waals surface area contributed by atoms with Gasteiger partial charge in [0.25, 0.3) is 0 Å². The van der Waals surface area contributed by atoms with Gasteiger partial charge in [0.05, 0.1) is 16.6 Å². The molecule has 2 rings (SSSR count). The Bertz CT molecular complexity index is 816. The minimum absolute atomic E-state index is 0.00114. The molecule has 0 amide bonds. The Kier molecular flexibility index (Phi) is 4.88. The summed E-state index contributed by atoms with van der Waals surface area (Å²) < 4.78 is 40.0. The number of nitriles is 1. The SMILES string of the molecule is N#Cc1ccccc1S(=O)(=O)NCC(O)c1ccccc1F. The molecule has 2 aromatic carbocycles. The number of halogens is 1. The molecule has 2 N–H and O–H groups in total. The van der Waals surface area contributed by atoms with Crippen LogP contribution in [0.15, 0.2) is 53.4 Å². The molecule has 2 aromatic rings. The zero-order valence-corrected chi connectivity index (χ0v) is 12.2. The molecule has 22 heavy (non-hydrogen) atoms. The molecule has 114 valence electrons. The van der Waals surface area contributed by atoms with E-state index in [0.717, 1.165) is 0 Å². The van der Waals surface area contributed by atoms with Crippen molar-refractivity contribution in [1.82, 2.24) is 4.72 Å². The number of rotatable bonds is 5. The molecular formula is C15H13FN2O3S. The quantitative estimate of drug-likeness (QED) is 0.877. The highest BCUT2D eigenvalue weighted by Gasteiger charge is 2.20. The Morgan fingerprint density at radius 2 is 1.82 bits per heavy atom. The third-order valence-electron chi connectivity index (χ3n) is 3.03. The van der Waals surface area contributed by atoms with E-state index in [2.05, 4.69) is 4.72 Å². The summed E-state index contributed by atoms with van der Waals surface area (Å²) in [6, 6.07) is 13.1. The lowest BCUT2D eigenvalue weighted by atomic mass is 10.1. The molecule has 5 nitrogen and oxygen atoms in total. The van der Waals surface area contributed by atoms with E-state index in [1.165, 1.54) is 36.4 Å². The van der Waals surface area contributed by atoms with E-state index in [1.54, 1.807) is 18.2 Å². The number of nitrogens with zero attached hydrogens (tertiary/aromatic N) is 1. The van der Waals surface area contributed by atoms with Gasteiger partial charge in [-0.05, 0) is 18.2 Å². The van der Waals surface area contributed by atoms with Crippen molar-refractivity contribution in [3.63, 3.8) is 0 Å². The fourth-order valence-electron chi connectivity index (χ4n) is 1.92. The number of sulfonamides is 1. The fourth-order valence-corrected chi connectivity index (χ4v) is 3.11. The van der Waals surface area contributed by atoms with E-state index >= 15 is 0 Å². The van der Waals surface area contributed by atoms with Crippen LogP contribution in [0.25, 0.3) is 0 Å². The predicted octanol–water partition coefficient (Wildman–Crippen LogP) is 1.71. The highest BCUT2D eigenvalue weighted by Crippen LogP contribution is 2.18. The van der Waals surface area contributed by atoms with E-state index < -0.39 is 28.5 Å². The van der Waals surface area contributed by atoms with Crippen molar-refractivity contribution in [2.45, 2.75) is 11.0 Å². The summed E-state index contributed by atoms with van der Waals surface area (Å²) in [6.45, 7) is -0.400. The molecule has 0 aliphatic carbocycles. The van der Waals surface area contributed by atoms with Gasteiger partial charge in [0.1, 0.15) is 11.9 Å². The van der Waals surface area contributed by atoms with Gasteiger partial charge < -0.3 is 5.11 Å². The molecule has 0 spiro atoms. The molecule has 1 unspecified atom stereocenters. The van der Waals surface area contributed by atoms with Gasteiger partial charge in [-0.25, -0.2) is 17.5 Å². The number of hydrogen-bond acceptors (Lipinski definition) is 4. The largest absolute Gasteiger partial charge is 0.387 e. The molecule has 0 radical (unpaired) electrons. The first-order chi connectivity index (χ1) is 10.5. The summed E-state index contributed by atoms with van der Waals surface area (Å²) in [4.78, 5) is -0.182. The third kappa shape index (κ3) is 3.49. The molecule has 0 aliphatic rings. The molecule has 1 atom stereocenters. The van der Waals surface area contributed by atoms with E-state index in [1.807, 2.05) is 0 Å². The van der Waals surface area contributed by atoms with Gasteiger partial charge in [-0.3, -0.25) is 0 Å². The second kappa shape index (κ2) is 6.66. The summed E-state index contributed by atoms with van der Waals surface area (Å²) in [7, 11) is -3.97. The van der Waals surface area contributed by atoms with Crippen molar-refractivity contribution >= 4 is 10.0 Å². The Morgan fingerprint density at radius 3 is 2.50 bits per heavy atom. The molecule has 7 heteroatoms. The standard InChI is InChI=1S/C15H13FN2O3S/c16-13-7-3-2-6-12(13)14(19)10-18-22(20,21)15-8-4-1-5-11(15)9-17/h1-8,14,18-19H,10H2. The van der Waals surface area contributed by atoms with Gasteiger partial charge in [0, 0.05) is 12.1 Å². The smallest absolute Gasteiger partial charge is 0.241 e. The number of nitrogens with one attached hydrogen (secondary N) is 1. The van der Waals surface area contributed by atoms with Crippen LogP contribution < -0.4 is 4.72 Å². The van der Waals surface area contributed by atoms with Gasteiger partial charge >= 0.3 is 0 Å². The van der Waals surface area contributed by atoms with Crippen molar-refractivity contribution in [1.29, 1.82) is 5.26 Å². The molecule has 0 heterocycles. The monoisotopic (exact) mass is 320 g/mol. The van der Waals surface area contributed by atoms with E-state index in [9.17, 15) is 17.9 Å². The van der Waals surface area contributed by atoms with Crippen LogP contribution in [0.5, 0.6) is 0 Å². The second-order valence-corrected chi connectivity index (χ2v) is 6.23. The minimum Gasteiger partial charge on any atom is -0.387 e. The van der Waals surface area contributed by atoms with Crippen LogP contribution in [-0.4, -0.2) is 20.1 Å². The van der Waals surface area contributed by atoms with Crippen LogP contribution in [0.3, 0.4) is 0 Å². The van der Waals surface area contributed by atoms with Gasteiger partial charge in [-0.1, -0.05) is 30.3 Å². The van der Waals surface area contributed by atoms with E-state index in [4.69, 9.17) is 5.26 Å². The first-order valence-electron chi connectivity index (χ1n) is 6.37. The molecule has 0 bridgehead atoms. The third-order valence-corrected chi connectivity index (χ3v) is 4.51. The van der Waals surface area contributed by atoms with E-state index in [-0.39, 0.29) is 16.0 Å². The first kappa shape index (κ1) is 16.1. The Balaban J connectivity index is 2.17. The maximum atomic E-state index is 13.5. The number of aliphatic hydroxyl groups is 1. The molecule has 0 aromatic heterocycles. The van der Waals surface area contributed by atoms with Crippen molar-refractivity contribution in [2.75, 3.05) is 6.54 Å². The predicted molar refractivity (Wildman–Crippen MR) is 77.7 cm³/mol. The Morgan fingerprint density at radius 1 is 1.18 bits per heavy atom. The van der Waals surface area contributed by atoms with Crippen LogP contribution in [0.1, 0.15) is 17.2 Å². The Hall–Kier alpha value is -2.27. The lowest BCUT2D eigenvalue weighted by Gasteiger charge is -2.13. The molecular weight excluding hydrogens is 307 g/mol. The minimum atomic E-state index is -3.97.